The van der Waals surface area contributed by atoms with Crippen LogP contribution in [0.1, 0.15) is 0 Å². The van der Waals surface area contributed by atoms with Crippen LogP contribution in [-0.2, 0) is 9.59 Å². The van der Waals surface area contributed by atoms with Gasteiger partial charge in [-0.2, -0.15) is 0 Å². The van der Waals surface area contributed by atoms with Gasteiger partial charge in [-0.15, -0.1) is 0 Å². The summed E-state index contributed by atoms with van der Waals surface area (Å²) in [7, 11) is 1.50. The van der Waals surface area contributed by atoms with Crippen molar-refractivity contribution in [3.63, 3.8) is 0 Å². The molecule has 3 aromatic rings. The second kappa shape index (κ2) is 9.30. The molecule has 3 rings (SSSR count). The molecule has 142 valence electrons. The maximum atomic E-state index is 12.3. The van der Waals surface area contributed by atoms with Crippen molar-refractivity contribution in [1.29, 1.82) is 0 Å². The van der Waals surface area contributed by atoms with Gasteiger partial charge in [-0.1, -0.05) is 53.7 Å². The van der Waals surface area contributed by atoms with E-state index in [0.29, 0.717) is 22.1 Å². The summed E-state index contributed by atoms with van der Waals surface area (Å²) in [6, 6.07) is 21.8. The fourth-order valence-corrected chi connectivity index (χ4v) is 3.57. The molecular formula is C21H17ClN2O3S. The van der Waals surface area contributed by atoms with E-state index in [2.05, 4.69) is 10.6 Å². The Morgan fingerprint density at radius 2 is 1.57 bits per heavy atom. The number of ether oxygens (including phenoxy) is 1. The molecule has 0 aliphatic rings. The molecule has 0 heterocycles. The van der Waals surface area contributed by atoms with Crippen LogP contribution in [0, 0.1) is 0 Å². The van der Waals surface area contributed by atoms with Crippen LogP contribution < -0.4 is 15.4 Å². The lowest BCUT2D eigenvalue weighted by Crippen LogP contribution is -2.29. The van der Waals surface area contributed by atoms with E-state index in [1.807, 2.05) is 42.5 Å². The minimum atomic E-state index is -0.791. The fourth-order valence-electron chi connectivity index (χ4n) is 2.39. The maximum Gasteiger partial charge on any atom is 0.314 e. The van der Waals surface area contributed by atoms with Crippen LogP contribution in [0.3, 0.4) is 0 Å². The van der Waals surface area contributed by atoms with Crippen molar-refractivity contribution in [3.05, 3.63) is 77.8 Å². The van der Waals surface area contributed by atoms with Crippen molar-refractivity contribution < 1.29 is 14.3 Å². The monoisotopic (exact) mass is 412 g/mol. The van der Waals surface area contributed by atoms with Crippen molar-refractivity contribution in [2.45, 2.75) is 9.79 Å². The van der Waals surface area contributed by atoms with Gasteiger partial charge in [0.25, 0.3) is 0 Å². The van der Waals surface area contributed by atoms with E-state index in [1.165, 1.54) is 24.9 Å². The highest BCUT2D eigenvalue weighted by molar-refractivity contribution is 7.99. The predicted octanol–water partition coefficient (Wildman–Crippen LogP) is 5.08. The van der Waals surface area contributed by atoms with Crippen LogP contribution >= 0.6 is 23.4 Å². The maximum absolute atomic E-state index is 12.3. The van der Waals surface area contributed by atoms with Gasteiger partial charge in [0.2, 0.25) is 0 Å². The van der Waals surface area contributed by atoms with Gasteiger partial charge in [0.1, 0.15) is 5.75 Å². The number of hydrogen-bond donors (Lipinski definition) is 2. The summed E-state index contributed by atoms with van der Waals surface area (Å²) in [5.41, 5.74) is 0.960. The molecule has 0 spiro atoms. The summed E-state index contributed by atoms with van der Waals surface area (Å²) < 4.78 is 5.07. The van der Waals surface area contributed by atoms with Gasteiger partial charge in [-0.05, 0) is 42.5 Å². The summed E-state index contributed by atoms with van der Waals surface area (Å²) in [4.78, 5) is 26.5. The van der Waals surface area contributed by atoms with Crippen molar-refractivity contribution in [2.75, 3.05) is 17.7 Å². The zero-order valence-electron chi connectivity index (χ0n) is 14.9. The van der Waals surface area contributed by atoms with Crippen LogP contribution in [0.5, 0.6) is 5.75 Å². The van der Waals surface area contributed by atoms with Gasteiger partial charge >= 0.3 is 11.8 Å². The van der Waals surface area contributed by atoms with E-state index >= 15 is 0 Å². The third kappa shape index (κ3) is 5.06. The average Bonchev–Trinajstić information content (AvgIpc) is 2.70. The number of halogens is 1. The first-order valence-corrected chi connectivity index (χ1v) is 9.54. The Hall–Kier alpha value is -2.96. The SMILES string of the molecule is COc1ccc(NC(=O)C(=O)Nc2ccccc2Sc2ccccc2)cc1Cl. The molecule has 28 heavy (non-hydrogen) atoms. The first kappa shape index (κ1) is 19.8. The Bertz CT molecular complexity index is 996. The van der Waals surface area contributed by atoms with Crippen LogP contribution in [-0.4, -0.2) is 18.9 Å². The molecule has 2 N–H and O–H groups in total. The number of carbonyl (C=O) groups is 2. The Balaban J connectivity index is 1.69. The third-order valence-electron chi connectivity index (χ3n) is 3.72. The fraction of sp³-hybridized carbons (Fsp3) is 0.0476. The van der Waals surface area contributed by atoms with Gasteiger partial charge < -0.3 is 15.4 Å². The quantitative estimate of drug-likeness (QED) is 0.573. The molecule has 5 nitrogen and oxygen atoms in total. The molecule has 0 radical (unpaired) electrons. The Morgan fingerprint density at radius 1 is 0.893 bits per heavy atom. The first-order chi connectivity index (χ1) is 13.6. The van der Waals surface area contributed by atoms with Gasteiger partial charge in [-0.3, -0.25) is 9.59 Å². The zero-order chi connectivity index (χ0) is 19.9. The summed E-state index contributed by atoms with van der Waals surface area (Å²) in [5.74, 6) is -1.08. The van der Waals surface area contributed by atoms with E-state index in [0.717, 1.165) is 9.79 Å². The van der Waals surface area contributed by atoms with Crippen molar-refractivity contribution in [3.8, 4) is 5.75 Å². The highest BCUT2D eigenvalue weighted by atomic mass is 35.5. The molecule has 0 aliphatic heterocycles. The van der Waals surface area contributed by atoms with Gasteiger partial charge in [0, 0.05) is 15.5 Å². The Morgan fingerprint density at radius 3 is 2.29 bits per heavy atom. The van der Waals surface area contributed by atoms with E-state index in [1.54, 1.807) is 24.3 Å². The number of carbonyl (C=O) groups excluding carboxylic acids is 2. The standard InChI is InChI=1S/C21H17ClN2O3S/c1-27-18-12-11-14(13-16(18)22)23-20(25)21(26)24-17-9-5-6-10-19(17)28-15-7-3-2-4-8-15/h2-13H,1H3,(H,23,25)(H,24,26). The Kier molecular flexibility index (Phi) is 6.57. The average molecular weight is 413 g/mol. The molecule has 0 aliphatic carbocycles. The largest absolute Gasteiger partial charge is 0.495 e. The topological polar surface area (TPSA) is 67.4 Å². The molecule has 7 heteroatoms. The zero-order valence-corrected chi connectivity index (χ0v) is 16.5. The van der Waals surface area contributed by atoms with Gasteiger partial charge in [0.15, 0.2) is 0 Å². The molecular weight excluding hydrogens is 396 g/mol. The normalized spacial score (nSPS) is 10.2. The summed E-state index contributed by atoms with van der Waals surface area (Å²) in [6.45, 7) is 0. The smallest absolute Gasteiger partial charge is 0.314 e. The highest BCUT2D eigenvalue weighted by Gasteiger charge is 2.16. The molecule has 0 saturated heterocycles. The summed E-state index contributed by atoms with van der Waals surface area (Å²) >= 11 is 7.54. The number of para-hydroxylation sites is 1. The number of methoxy groups -OCH3 is 1. The lowest BCUT2D eigenvalue weighted by atomic mass is 10.3. The molecule has 0 bridgehead atoms. The highest BCUT2D eigenvalue weighted by Crippen LogP contribution is 2.33. The molecule has 3 aromatic carbocycles. The van der Waals surface area contributed by atoms with Crippen LogP contribution in [0.2, 0.25) is 5.02 Å². The van der Waals surface area contributed by atoms with E-state index < -0.39 is 11.8 Å². The lowest BCUT2D eigenvalue weighted by Gasteiger charge is -2.11. The van der Waals surface area contributed by atoms with Crippen molar-refractivity contribution in [2.24, 2.45) is 0 Å². The van der Waals surface area contributed by atoms with E-state index in [9.17, 15) is 9.59 Å². The number of hydrogen-bond acceptors (Lipinski definition) is 4. The molecule has 0 atom stereocenters. The molecule has 0 saturated carbocycles. The second-order valence-electron chi connectivity index (χ2n) is 5.67. The number of benzene rings is 3. The van der Waals surface area contributed by atoms with Crippen molar-refractivity contribution in [1.82, 2.24) is 0 Å². The first-order valence-electron chi connectivity index (χ1n) is 8.34. The Labute approximate surface area is 172 Å². The van der Waals surface area contributed by atoms with Gasteiger partial charge in [-0.25, -0.2) is 0 Å². The minimum Gasteiger partial charge on any atom is -0.495 e. The number of amides is 2. The van der Waals surface area contributed by atoms with Crippen LogP contribution in [0.4, 0.5) is 11.4 Å². The summed E-state index contributed by atoms with van der Waals surface area (Å²) in [6.07, 6.45) is 0. The lowest BCUT2D eigenvalue weighted by molar-refractivity contribution is -0.133. The number of anilines is 2. The summed E-state index contributed by atoms with van der Waals surface area (Å²) in [5, 5.41) is 5.52. The molecule has 0 aromatic heterocycles. The second-order valence-corrected chi connectivity index (χ2v) is 7.19. The van der Waals surface area contributed by atoms with E-state index in [-0.39, 0.29) is 0 Å². The molecule has 0 unspecified atom stereocenters. The number of nitrogens with one attached hydrogen (secondary N) is 2. The molecule has 2 amide bonds. The predicted molar refractivity (Wildman–Crippen MR) is 112 cm³/mol. The number of rotatable bonds is 5. The van der Waals surface area contributed by atoms with Crippen molar-refractivity contribution >= 4 is 46.6 Å². The van der Waals surface area contributed by atoms with E-state index in [4.69, 9.17) is 16.3 Å². The molecule has 0 fully saturated rings. The van der Waals surface area contributed by atoms with Crippen LogP contribution in [0.15, 0.2) is 82.6 Å². The van der Waals surface area contributed by atoms with Gasteiger partial charge in [0.05, 0.1) is 17.8 Å². The minimum absolute atomic E-state index is 0.338. The third-order valence-corrected chi connectivity index (χ3v) is 5.10. The van der Waals surface area contributed by atoms with Crippen LogP contribution in [0.25, 0.3) is 0 Å².